The van der Waals surface area contributed by atoms with Crippen LogP contribution in [0, 0.1) is 10.1 Å². The van der Waals surface area contributed by atoms with Gasteiger partial charge in [-0.25, -0.2) is 4.79 Å². The smallest absolute Gasteiger partial charge is 0.331 e. The van der Waals surface area contributed by atoms with Crippen molar-refractivity contribution in [1.82, 2.24) is 0 Å². The molecule has 1 saturated heterocycles. The molecule has 1 amide bonds. The van der Waals surface area contributed by atoms with E-state index in [9.17, 15) is 19.7 Å². The topological polar surface area (TPSA) is 102 Å². The molecule has 0 spiro atoms. The molecule has 150 valence electrons. The van der Waals surface area contributed by atoms with Gasteiger partial charge in [-0.2, -0.15) is 0 Å². The number of hydrogen-bond acceptors (Lipinski definition) is 6. The van der Waals surface area contributed by atoms with Crippen LogP contribution in [-0.4, -0.2) is 36.5 Å². The monoisotopic (exact) mass is 395 g/mol. The van der Waals surface area contributed by atoms with Crippen LogP contribution in [0.25, 0.3) is 6.08 Å². The molecule has 2 aromatic carbocycles. The Morgan fingerprint density at radius 2 is 1.86 bits per heavy atom. The Morgan fingerprint density at radius 3 is 2.55 bits per heavy atom. The van der Waals surface area contributed by atoms with Crippen LogP contribution >= 0.6 is 0 Å². The van der Waals surface area contributed by atoms with Crippen molar-refractivity contribution in [3.05, 3.63) is 70.3 Å². The summed E-state index contributed by atoms with van der Waals surface area (Å²) < 4.78 is 4.90. The van der Waals surface area contributed by atoms with E-state index in [2.05, 4.69) is 10.2 Å². The number of carbonyl (C=O) groups is 2. The lowest BCUT2D eigenvalue weighted by atomic mass is 10.2. The highest BCUT2D eigenvalue weighted by atomic mass is 16.6. The molecule has 0 unspecified atom stereocenters. The number of hydrogen-bond donors (Lipinski definition) is 1. The summed E-state index contributed by atoms with van der Waals surface area (Å²) in [6.07, 6.45) is 4.90. The Balaban J connectivity index is 1.45. The van der Waals surface area contributed by atoms with E-state index >= 15 is 0 Å². The van der Waals surface area contributed by atoms with Gasteiger partial charge in [-0.3, -0.25) is 14.9 Å². The standard InChI is InChI=1S/C21H21N3O5/c25-20(22-17-7-9-18(10-8-17)23-12-1-2-13-23)15-29-21(26)11-6-16-4-3-5-19(14-16)24(27)28/h3-11,14H,1-2,12-13,15H2,(H,22,25)/b11-6+. The largest absolute Gasteiger partial charge is 0.452 e. The molecule has 8 nitrogen and oxygen atoms in total. The summed E-state index contributed by atoms with van der Waals surface area (Å²) in [5.41, 5.74) is 2.16. The predicted molar refractivity (Wildman–Crippen MR) is 110 cm³/mol. The maximum atomic E-state index is 12.0. The summed E-state index contributed by atoms with van der Waals surface area (Å²) in [5.74, 6) is -1.16. The number of nitro groups is 1. The van der Waals surface area contributed by atoms with Crippen LogP contribution < -0.4 is 10.2 Å². The quantitative estimate of drug-likeness (QED) is 0.334. The summed E-state index contributed by atoms with van der Waals surface area (Å²) in [6, 6.07) is 13.4. The average Bonchev–Trinajstić information content (AvgIpc) is 3.26. The minimum absolute atomic E-state index is 0.0735. The molecule has 3 rings (SSSR count). The Morgan fingerprint density at radius 1 is 1.14 bits per heavy atom. The number of nitrogens with one attached hydrogen (secondary N) is 1. The van der Waals surface area contributed by atoms with Gasteiger partial charge in [-0.15, -0.1) is 0 Å². The lowest BCUT2D eigenvalue weighted by Gasteiger charge is -2.17. The molecule has 0 atom stereocenters. The Labute approximate surface area is 167 Å². The van der Waals surface area contributed by atoms with Crippen LogP contribution in [0.1, 0.15) is 18.4 Å². The SMILES string of the molecule is O=C(COC(=O)/C=C/c1cccc([N+](=O)[O-])c1)Nc1ccc(N2CCCC2)cc1. The predicted octanol–water partition coefficient (Wildman–Crippen LogP) is 3.39. The van der Waals surface area contributed by atoms with Gasteiger partial charge in [0.15, 0.2) is 6.61 Å². The van der Waals surface area contributed by atoms with E-state index in [0.717, 1.165) is 24.9 Å². The van der Waals surface area contributed by atoms with E-state index in [-0.39, 0.29) is 5.69 Å². The maximum absolute atomic E-state index is 12.0. The van der Waals surface area contributed by atoms with Crippen molar-refractivity contribution in [2.45, 2.75) is 12.8 Å². The number of rotatable bonds is 7. The third-order valence-electron chi connectivity index (χ3n) is 4.46. The first-order valence-electron chi connectivity index (χ1n) is 9.25. The zero-order valence-corrected chi connectivity index (χ0v) is 15.7. The van der Waals surface area contributed by atoms with Gasteiger partial charge in [0.05, 0.1) is 4.92 Å². The molecule has 0 aliphatic carbocycles. The fourth-order valence-electron chi connectivity index (χ4n) is 3.02. The first-order valence-corrected chi connectivity index (χ1v) is 9.25. The van der Waals surface area contributed by atoms with E-state index < -0.39 is 23.4 Å². The van der Waals surface area contributed by atoms with E-state index in [0.29, 0.717) is 11.3 Å². The summed E-state index contributed by atoms with van der Waals surface area (Å²) in [5, 5.41) is 13.4. The molecule has 8 heteroatoms. The van der Waals surface area contributed by atoms with Gasteiger partial charge in [0.2, 0.25) is 0 Å². The molecule has 0 radical (unpaired) electrons. The van der Waals surface area contributed by atoms with Crippen molar-refractivity contribution in [2.24, 2.45) is 0 Å². The van der Waals surface area contributed by atoms with Crippen molar-refractivity contribution in [3.8, 4) is 0 Å². The third kappa shape index (κ3) is 5.90. The summed E-state index contributed by atoms with van der Waals surface area (Å²) in [7, 11) is 0. The molecule has 0 saturated carbocycles. The van der Waals surface area contributed by atoms with Crippen molar-refractivity contribution in [3.63, 3.8) is 0 Å². The normalized spacial score (nSPS) is 13.4. The molecule has 1 N–H and O–H groups in total. The lowest BCUT2D eigenvalue weighted by molar-refractivity contribution is -0.384. The van der Waals surface area contributed by atoms with Gasteiger partial charge in [0, 0.05) is 42.7 Å². The van der Waals surface area contributed by atoms with E-state index in [1.54, 1.807) is 6.07 Å². The number of nitro benzene ring substituents is 1. The molecule has 0 aromatic heterocycles. The second-order valence-corrected chi connectivity index (χ2v) is 6.58. The Bertz CT molecular complexity index is 918. The van der Waals surface area contributed by atoms with Crippen molar-refractivity contribution in [1.29, 1.82) is 0 Å². The highest BCUT2D eigenvalue weighted by Crippen LogP contribution is 2.22. The zero-order chi connectivity index (χ0) is 20.6. The van der Waals surface area contributed by atoms with E-state index in [4.69, 9.17) is 4.74 Å². The van der Waals surface area contributed by atoms with Crippen LogP contribution in [0.2, 0.25) is 0 Å². The van der Waals surface area contributed by atoms with Gasteiger partial charge in [-0.05, 0) is 48.7 Å². The summed E-state index contributed by atoms with van der Waals surface area (Å²) in [6.45, 7) is 1.67. The summed E-state index contributed by atoms with van der Waals surface area (Å²) >= 11 is 0. The molecule has 1 aliphatic heterocycles. The molecular formula is C21H21N3O5. The summed E-state index contributed by atoms with van der Waals surface area (Å²) in [4.78, 5) is 36.2. The minimum Gasteiger partial charge on any atom is -0.452 e. The molecule has 1 aliphatic rings. The van der Waals surface area contributed by atoms with Crippen molar-refractivity contribution in [2.75, 3.05) is 29.9 Å². The number of anilines is 2. The average molecular weight is 395 g/mol. The Hall–Kier alpha value is -3.68. The van der Waals surface area contributed by atoms with Crippen molar-refractivity contribution >= 4 is 35.0 Å². The number of ether oxygens (including phenoxy) is 1. The van der Waals surface area contributed by atoms with Crippen LogP contribution in [0.5, 0.6) is 0 Å². The second-order valence-electron chi connectivity index (χ2n) is 6.58. The van der Waals surface area contributed by atoms with Gasteiger partial charge >= 0.3 is 5.97 Å². The number of esters is 1. The van der Waals surface area contributed by atoms with E-state index in [1.807, 2.05) is 24.3 Å². The Kier molecular flexibility index (Phi) is 6.57. The zero-order valence-electron chi connectivity index (χ0n) is 15.7. The van der Waals surface area contributed by atoms with Gasteiger partial charge in [-0.1, -0.05) is 12.1 Å². The fraction of sp³-hybridized carbons (Fsp3) is 0.238. The molecule has 0 bridgehead atoms. The third-order valence-corrected chi connectivity index (χ3v) is 4.46. The van der Waals surface area contributed by atoms with Gasteiger partial charge in [0.1, 0.15) is 0 Å². The molecule has 1 heterocycles. The molecule has 29 heavy (non-hydrogen) atoms. The highest BCUT2D eigenvalue weighted by molar-refractivity contribution is 5.94. The number of amides is 1. The molecular weight excluding hydrogens is 374 g/mol. The molecule has 2 aromatic rings. The highest BCUT2D eigenvalue weighted by Gasteiger charge is 2.12. The van der Waals surface area contributed by atoms with Gasteiger partial charge in [0.25, 0.3) is 11.6 Å². The van der Waals surface area contributed by atoms with Crippen LogP contribution in [-0.2, 0) is 14.3 Å². The van der Waals surface area contributed by atoms with Crippen LogP contribution in [0.3, 0.4) is 0 Å². The maximum Gasteiger partial charge on any atom is 0.331 e. The minimum atomic E-state index is -0.712. The first-order chi connectivity index (χ1) is 14.0. The van der Waals surface area contributed by atoms with Crippen LogP contribution in [0.4, 0.5) is 17.1 Å². The van der Waals surface area contributed by atoms with Crippen LogP contribution in [0.15, 0.2) is 54.6 Å². The first kappa shape index (κ1) is 20.1. The second kappa shape index (κ2) is 9.50. The van der Waals surface area contributed by atoms with Crippen molar-refractivity contribution < 1.29 is 19.2 Å². The lowest BCUT2D eigenvalue weighted by Crippen LogP contribution is -2.20. The number of nitrogens with zero attached hydrogens (tertiary/aromatic N) is 2. The van der Waals surface area contributed by atoms with Gasteiger partial charge < -0.3 is 15.0 Å². The number of benzene rings is 2. The number of non-ortho nitro benzene ring substituents is 1. The fourth-order valence-corrected chi connectivity index (χ4v) is 3.02. The number of carbonyl (C=O) groups excluding carboxylic acids is 2. The molecule has 1 fully saturated rings. The van der Waals surface area contributed by atoms with E-state index in [1.165, 1.54) is 37.1 Å².